The van der Waals surface area contributed by atoms with E-state index in [-0.39, 0.29) is 30.6 Å². The zero-order chi connectivity index (χ0) is 21.2. The number of esters is 1. The molecular formula is C21H27N3O5. The fourth-order valence-electron chi connectivity index (χ4n) is 3.89. The van der Waals surface area contributed by atoms with Crippen molar-refractivity contribution in [2.45, 2.75) is 45.7 Å². The van der Waals surface area contributed by atoms with Crippen molar-refractivity contribution in [2.75, 3.05) is 24.6 Å². The molecule has 3 amide bonds. The Morgan fingerprint density at radius 3 is 2.66 bits per heavy atom. The molecule has 1 aromatic carbocycles. The summed E-state index contributed by atoms with van der Waals surface area (Å²) < 4.78 is 5.33. The number of amides is 3. The molecule has 156 valence electrons. The number of fused-ring (bicyclic) bond motifs is 3. The summed E-state index contributed by atoms with van der Waals surface area (Å²) in [5, 5.41) is 2.69. The molecule has 0 unspecified atom stereocenters. The minimum atomic E-state index is -1.54. The van der Waals surface area contributed by atoms with Crippen LogP contribution in [0.3, 0.4) is 0 Å². The van der Waals surface area contributed by atoms with Gasteiger partial charge in [-0.3, -0.25) is 19.3 Å². The number of anilines is 1. The van der Waals surface area contributed by atoms with Gasteiger partial charge in [0.05, 0.1) is 11.3 Å². The number of rotatable bonds is 7. The van der Waals surface area contributed by atoms with Crippen molar-refractivity contribution < 1.29 is 23.9 Å². The molecule has 1 saturated heterocycles. The normalized spacial score (nSPS) is 20.6. The lowest BCUT2D eigenvalue weighted by Crippen LogP contribution is -2.68. The summed E-state index contributed by atoms with van der Waals surface area (Å²) in [5.74, 6) is -1.45. The maximum atomic E-state index is 13.2. The third-order valence-electron chi connectivity index (χ3n) is 5.19. The lowest BCUT2D eigenvalue weighted by Gasteiger charge is -2.48. The van der Waals surface area contributed by atoms with Gasteiger partial charge in [0.15, 0.2) is 6.61 Å². The maximum Gasteiger partial charge on any atom is 0.354 e. The summed E-state index contributed by atoms with van der Waals surface area (Å²) in [6.07, 6.45) is 0.870. The third kappa shape index (κ3) is 3.59. The molecule has 0 aliphatic carbocycles. The van der Waals surface area contributed by atoms with Gasteiger partial charge >= 0.3 is 5.97 Å². The Hall–Kier alpha value is -2.90. The predicted molar refractivity (Wildman–Crippen MR) is 106 cm³/mol. The number of carbonyl (C=O) groups excluding carboxylic acids is 4. The number of hydrogen-bond acceptors (Lipinski definition) is 5. The van der Waals surface area contributed by atoms with Crippen LogP contribution >= 0.6 is 0 Å². The van der Waals surface area contributed by atoms with Crippen LogP contribution in [0.4, 0.5) is 5.69 Å². The molecule has 1 atom stereocenters. The van der Waals surface area contributed by atoms with Crippen LogP contribution in [0.1, 0.15) is 50.4 Å². The number of nitrogens with one attached hydrogen (secondary N) is 1. The SMILES string of the molecule is CCCN1C(=O)c2ccccc2N2C(=O)CC[C@]12C(=O)OCC(=O)NCC(C)C. The van der Waals surface area contributed by atoms with Gasteiger partial charge in [0.1, 0.15) is 0 Å². The van der Waals surface area contributed by atoms with E-state index < -0.39 is 24.1 Å². The van der Waals surface area contributed by atoms with Gasteiger partial charge in [-0.1, -0.05) is 32.9 Å². The number of ether oxygens (including phenoxy) is 1. The van der Waals surface area contributed by atoms with E-state index in [2.05, 4.69) is 5.32 Å². The van der Waals surface area contributed by atoms with Crippen LogP contribution < -0.4 is 10.2 Å². The first kappa shape index (κ1) is 20.8. The first-order valence-electron chi connectivity index (χ1n) is 10.0. The first-order valence-corrected chi connectivity index (χ1v) is 10.0. The fraction of sp³-hybridized carbons (Fsp3) is 0.524. The monoisotopic (exact) mass is 401 g/mol. The Balaban J connectivity index is 1.93. The molecule has 0 bridgehead atoms. The second-order valence-corrected chi connectivity index (χ2v) is 7.79. The molecule has 1 aromatic rings. The number of benzene rings is 1. The van der Waals surface area contributed by atoms with E-state index >= 15 is 0 Å². The van der Waals surface area contributed by atoms with Gasteiger partial charge in [-0.25, -0.2) is 4.79 Å². The molecule has 2 heterocycles. The van der Waals surface area contributed by atoms with Gasteiger partial charge in [-0.15, -0.1) is 0 Å². The van der Waals surface area contributed by atoms with E-state index in [0.717, 1.165) is 0 Å². The minimum Gasteiger partial charge on any atom is -0.452 e. The maximum absolute atomic E-state index is 13.2. The van der Waals surface area contributed by atoms with Crippen LogP contribution in [-0.2, 0) is 19.1 Å². The standard InChI is InChI=1S/C21H27N3O5/c1-4-11-23-19(27)15-7-5-6-8-16(15)24-18(26)9-10-21(23,24)20(28)29-13-17(25)22-12-14(2)3/h5-8,14H,4,9-13H2,1-3H3,(H,22,25)/t21-/m0/s1. The van der Waals surface area contributed by atoms with E-state index in [1.54, 1.807) is 24.3 Å². The number of carbonyl (C=O) groups is 4. The van der Waals surface area contributed by atoms with Crippen LogP contribution in [0.2, 0.25) is 0 Å². The quantitative estimate of drug-likeness (QED) is 0.702. The highest BCUT2D eigenvalue weighted by Crippen LogP contribution is 2.45. The average Bonchev–Trinajstić information content (AvgIpc) is 3.06. The minimum absolute atomic E-state index is 0.122. The Morgan fingerprint density at radius 1 is 1.24 bits per heavy atom. The zero-order valence-electron chi connectivity index (χ0n) is 17.1. The Bertz CT molecular complexity index is 837. The second kappa shape index (κ2) is 8.23. The van der Waals surface area contributed by atoms with Crippen molar-refractivity contribution in [1.82, 2.24) is 10.2 Å². The van der Waals surface area contributed by atoms with Crippen LogP contribution in [0, 0.1) is 5.92 Å². The van der Waals surface area contributed by atoms with E-state index in [1.165, 1.54) is 9.80 Å². The van der Waals surface area contributed by atoms with Gasteiger partial charge in [-0.05, 0) is 24.5 Å². The van der Waals surface area contributed by atoms with Crippen molar-refractivity contribution >= 4 is 29.4 Å². The zero-order valence-corrected chi connectivity index (χ0v) is 17.1. The topological polar surface area (TPSA) is 96.0 Å². The summed E-state index contributed by atoms with van der Waals surface area (Å²) in [6.45, 7) is 6.13. The lowest BCUT2D eigenvalue weighted by molar-refractivity contribution is -0.160. The molecule has 2 aliphatic rings. The molecule has 3 rings (SSSR count). The summed E-state index contributed by atoms with van der Waals surface area (Å²) >= 11 is 0. The van der Waals surface area contributed by atoms with Crippen LogP contribution in [0.5, 0.6) is 0 Å². The van der Waals surface area contributed by atoms with Crippen molar-refractivity contribution in [1.29, 1.82) is 0 Å². The Kier molecular flexibility index (Phi) is 5.91. The molecule has 2 aliphatic heterocycles. The van der Waals surface area contributed by atoms with E-state index in [0.29, 0.717) is 30.8 Å². The fourth-order valence-corrected chi connectivity index (χ4v) is 3.89. The molecule has 0 spiro atoms. The van der Waals surface area contributed by atoms with Crippen LogP contribution in [0.25, 0.3) is 0 Å². The molecular weight excluding hydrogens is 374 g/mol. The van der Waals surface area contributed by atoms with E-state index in [9.17, 15) is 19.2 Å². The van der Waals surface area contributed by atoms with Crippen molar-refractivity contribution in [2.24, 2.45) is 5.92 Å². The third-order valence-corrected chi connectivity index (χ3v) is 5.19. The molecule has 1 fully saturated rings. The molecule has 0 aromatic heterocycles. The highest BCUT2D eigenvalue weighted by molar-refractivity contribution is 6.15. The summed E-state index contributed by atoms with van der Waals surface area (Å²) in [4.78, 5) is 54.0. The second-order valence-electron chi connectivity index (χ2n) is 7.79. The van der Waals surface area contributed by atoms with Crippen LogP contribution in [-0.4, -0.2) is 54.0 Å². The predicted octanol–water partition coefficient (Wildman–Crippen LogP) is 1.69. The smallest absolute Gasteiger partial charge is 0.354 e. The van der Waals surface area contributed by atoms with Gasteiger partial charge in [0.2, 0.25) is 11.6 Å². The van der Waals surface area contributed by atoms with Gasteiger partial charge in [0.25, 0.3) is 11.8 Å². The molecule has 0 saturated carbocycles. The largest absolute Gasteiger partial charge is 0.452 e. The average molecular weight is 401 g/mol. The van der Waals surface area contributed by atoms with Gasteiger partial charge in [0, 0.05) is 25.9 Å². The molecule has 1 N–H and O–H groups in total. The van der Waals surface area contributed by atoms with Gasteiger partial charge < -0.3 is 15.0 Å². The molecule has 8 nitrogen and oxygen atoms in total. The molecule has 0 radical (unpaired) electrons. The highest BCUT2D eigenvalue weighted by Gasteiger charge is 2.61. The first-order chi connectivity index (χ1) is 13.8. The van der Waals surface area contributed by atoms with E-state index in [4.69, 9.17) is 4.74 Å². The number of nitrogens with zero attached hydrogens (tertiary/aromatic N) is 2. The van der Waals surface area contributed by atoms with Crippen molar-refractivity contribution in [3.63, 3.8) is 0 Å². The summed E-state index contributed by atoms with van der Waals surface area (Å²) in [5.41, 5.74) is -0.750. The summed E-state index contributed by atoms with van der Waals surface area (Å²) in [6, 6.07) is 6.77. The van der Waals surface area contributed by atoms with Crippen molar-refractivity contribution in [3.8, 4) is 0 Å². The molecule has 29 heavy (non-hydrogen) atoms. The number of hydrogen-bond donors (Lipinski definition) is 1. The number of para-hydroxylation sites is 1. The lowest BCUT2D eigenvalue weighted by atomic mass is 9.96. The summed E-state index contributed by atoms with van der Waals surface area (Å²) in [7, 11) is 0. The highest BCUT2D eigenvalue weighted by atomic mass is 16.5. The van der Waals surface area contributed by atoms with Crippen molar-refractivity contribution in [3.05, 3.63) is 29.8 Å². The van der Waals surface area contributed by atoms with Gasteiger partial charge in [-0.2, -0.15) is 0 Å². The Morgan fingerprint density at radius 2 is 1.97 bits per heavy atom. The van der Waals surface area contributed by atoms with E-state index in [1.807, 2.05) is 20.8 Å². The van der Waals surface area contributed by atoms with Crippen LogP contribution in [0.15, 0.2) is 24.3 Å². The Labute approximate surface area is 170 Å². The molecule has 8 heteroatoms.